The van der Waals surface area contributed by atoms with Crippen LogP contribution in [0.5, 0.6) is 0 Å². The number of thiophene rings is 1. The standard InChI is InChI=1S/C14H25N3S2.HI/c1-6-11-7-8-12(19-11)9-16-13(15-4)17-10-14(2,3)18-5;/h7-8H,6,9-10H2,1-5H3,(H2,15,16,17);1H. The molecule has 0 spiro atoms. The fourth-order valence-electron chi connectivity index (χ4n) is 1.47. The average Bonchev–Trinajstić information content (AvgIpc) is 2.87. The van der Waals surface area contributed by atoms with Crippen molar-refractivity contribution in [1.29, 1.82) is 0 Å². The smallest absolute Gasteiger partial charge is 0.191 e. The van der Waals surface area contributed by atoms with Gasteiger partial charge in [0.15, 0.2) is 5.96 Å². The Labute approximate surface area is 148 Å². The van der Waals surface area contributed by atoms with E-state index < -0.39 is 0 Å². The zero-order chi connectivity index (χ0) is 14.3. The molecule has 0 atom stereocenters. The number of hydrogen-bond acceptors (Lipinski definition) is 3. The molecule has 0 aliphatic carbocycles. The first-order valence-electron chi connectivity index (χ1n) is 6.58. The van der Waals surface area contributed by atoms with Crippen molar-refractivity contribution in [3.63, 3.8) is 0 Å². The summed E-state index contributed by atoms with van der Waals surface area (Å²) in [7, 11) is 1.81. The van der Waals surface area contributed by atoms with Gasteiger partial charge in [0.2, 0.25) is 0 Å². The van der Waals surface area contributed by atoms with Gasteiger partial charge in [0, 0.05) is 28.1 Å². The van der Waals surface area contributed by atoms with Crippen molar-refractivity contribution < 1.29 is 0 Å². The monoisotopic (exact) mass is 427 g/mol. The fraction of sp³-hybridized carbons (Fsp3) is 0.643. The second-order valence-corrected chi connectivity index (χ2v) is 7.73. The minimum atomic E-state index is 0. The largest absolute Gasteiger partial charge is 0.355 e. The minimum absolute atomic E-state index is 0. The van der Waals surface area contributed by atoms with Gasteiger partial charge in [0.25, 0.3) is 0 Å². The van der Waals surface area contributed by atoms with Crippen LogP contribution < -0.4 is 10.6 Å². The zero-order valence-corrected chi connectivity index (χ0v) is 16.9. The third kappa shape index (κ3) is 7.17. The highest BCUT2D eigenvalue weighted by atomic mass is 127. The van der Waals surface area contributed by atoms with Crippen LogP contribution in [0.2, 0.25) is 0 Å². The number of rotatable bonds is 6. The highest BCUT2D eigenvalue weighted by Gasteiger charge is 2.16. The van der Waals surface area contributed by atoms with Gasteiger partial charge >= 0.3 is 0 Å². The second kappa shape index (κ2) is 9.89. The number of nitrogens with zero attached hydrogens (tertiary/aromatic N) is 1. The molecule has 3 nitrogen and oxygen atoms in total. The van der Waals surface area contributed by atoms with Gasteiger partial charge in [0.05, 0.1) is 6.54 Å². The Hall–Kier alpha value is 0.0500. The van der Waals surface area contributed by atoms with E-state index in [1.807, 2.05) is 30.1 Å². The average molecular weight is 427 g/mol. The Morgan fingerprint density at radius 3 is 2.45 bits per heavy atom. The molecule has 0 bridgehead atoms. The first kappa shape index (κ1) is 20.1. The normalized spacial score (nSPS) is 11.9. The number of nitrogens with one attached hydrogen (secondary N) is 2. The molecule has 0 fully saturated rings. The molecule has 0 aliphatic rings. The first-order valence-corrected chi connectivity index (χ1v) is 8.62. The van der Waals surface area contributed by atoms with Gasteiger partial charge < -0.3 is 10.6 Å². The summed E-state index contributed by atoms with van der Waals surface area (Å²) in [5, 5.41) is 6.73. The van der Waals surface area contributed by atoms with Gasteiger partial charge in [-0.25, -0.2) is 0 Å². The van der Waals surface area contributed by atoms with E-state index >= 15 is 0 Å². The van der Waals surface area contributed by atoms with E-state index in [-0.39, 0.29) is 28.7 Å². The van der Waals surface area contributed by atoms with Crippen LogP contribution in [-0.2, 0) is 13.0 Å². The van der Waals surface area contributed by atoms with E-state index in [1.54, 1.807) is 0 Å². The Balaban J connectivity index is 0.00000361. The third-order valence-corrected chi connectivity index (χ3v) is 5.43. The van der Waals surface area contributed by atoms with Gasteiger partial charge in [-0.05, 0) is 38.7 Å². The minimum Gasteiger partial charge on any atom is -0.355 e. The van der Waals surface area contributed by atoms with E-state index in [9.17, 15) is 0 Å². The molecule has 116 valence electrons. The van der Waals surface area contributed by atoms with Gasteiger partial charge in [-0.3, -0.25) is 4.99 Å². The quantitative estimate of drug-likeness (QED) is 0.413. The molecule has 0 aliphatic heterocycles. The third-order valence-electron chi connectivity index (χ3n) is 2.95. The number of aliphatic imine (C=N–C) groups is 1. The molecule has 0 aromatic carbocycles. The molecule has 0 amide bonds. The molecule has 1 heterocycles. The lowest BCUT2D eigenvalue weighted by Gasteiger charge is -2.23. The lowest BCUT2D eigenvalue weighted by atomic mass is 10.2. The maximum absolute atomic E-state index is 4.26. The number of halogens is 1. The maximum Gasteiger partial charge on any atom is 0.191 e. The summed E-state index contributed by atoms with van der Waals surface area (Å²) in [5.41, 5.74) is 0. The van der Waals surface area contributed by atoms with Crippen molar-refractivity contribution in [3.8, 4) is 0 Å². The second-order valence-electron chi connectivity index (χ2n) is 4.96. The molecule has 0 saturated carbocycles. The summed E-state index contributed by atoms with van der Waals surface area (Å²) in [5.74, 6) is 0.869. The molecule has 2 N–H and O–H groups in total. The number of hydrogen-bond donors (Lipinski definition) is 2. The summed E-state index contributed by atoms with van der Waals surface area (Å²) in [6.07, 6.45) is 3.25. The summed E-state index contributed by atoms with van der Waals surface area (Å²) in [6.45, 7) is 8.38. The van der Waals surface area contributed by atoms with Crippen molar-refractivity contribution >= 4 is 53.0 Å². The molecule has 20 heavy (non-hydrogen) atoms. The fourth-order valence-corrected chi connectivity index (χ4v) is 2.58. The van der Waals surface area contributed by atoms with E-state index in [4.69, 9.17) is 0 Å². The lowest BCUT2D eigenvalue weighted by Crippen LogP contribution is -2.42. The first-order chi connectivity index (χ1) is 9.00. The van der Waals surface area contributed by atoms with Crippen LogP contribution in [0.15, 0.2) is 17.1 Å². The molecule has 0 radical (unpaired) electrons. The van der Waals surface area contributed by atoms with Crippen LogP contribution in [0, 0.1) is 0 Å². The van der Waals surface area contributed by atoms with Crippen molar-refractivity contribution in [1.82, 2.24) is 10.6 Å². The van der Waals surface area contributed by atoms with E-state index in [0.717, 1.165) is 25.5 Å². The highest BCUT2D eigenvalue weighted by molar-refractivity contribution is 14.0. The molecule has 1 aromatic heterocycles. The van der Waals surface area contributed by atoms with Gasteiger partial charge in [-0.2, -0.15) is 11.8 Å². The highest BCUT2D eigenvalue weighted by Crippen LogP contribution is 2.19. The summed E-state index contributed by atoms with van der Waals surface area (Å²) >= 11 is 3.72. The molecular formula is C14H26IN3S2. The van der Waals surface area contributed by atoms with Crippen LogP contribution in [0.4, 0.5) is 0 Å². The zero-order valence-electron chi connectivity index (χ0n) is 12.9. The lowest BCUT2D eigenvalue weighted by molar-refractivity contribution is 0.665. The molecule has 0 saturated heterocycles. The van der Waals surface area contributed by atoms with Crippen molar-refractivity contribution in [2.24, 2.45) is 4.99 Å². The van der Waals surface area contributed by atoms with Crippen molar-refractivity contribution in [2.45, 2.75) is 38.5 Å². The Kier molecular flexibility index (Phi) is 9.92. The number of thioether (sulfide) groups is 1. The van der Waals surface area contributed by atoms with E-state index in [1.165, 1.54) is 9.75 Å². The molecule has 0 unspecified atom stereocenters. The van der Waals surface area contributed by atoms with Crippen molar-refractivity contribution in [3.05, 3.63) is 21.9 Å². The van der Waals surface area contributed by atoms with E-state index in [2.05, 4.69) is 54.8 Å². The van der Waals surface area contributed by atoms with Gasteiger partial charge in [0.1, 0.15) is 0 Å². The van der Waals surface area contributed by atoms with Gasteiger partial charge in [-0.1, -0.05) is 6.92 Å². The predicted molar refractivity (Wildman–Crippen MR) is 105 cm³/mol. The number of aryl methyl sites for hydroxylation is 1. The van der Waals surface area contributed by atoms with Crippen LogP contribution in [0.3, 0.4) is 0 Å². The van der Waals surface area contributed by atoms with Crippen LogP contribution in [-0.4, -0.2) is 30.6 Å². The molecule has 1 rings (SSSR count). The molecule has 6 heteroatoms. The Bertz CT molecular complexity index is 416. The maximum atomic E-state index is 4.26. The van der Waals surface area contributed by atoms with Crippen LogP contribution >= 0.6 is 47.1 Å². The Morgan fingerprint density at radius 1 is 1.30 bits per heavy atom. The topological polar surface area (TPSA) is 36.4 Å². The van der Waals surface area contributed by atoms with Gasteiger partial charge in [-0.15, -0.1) is 35.3 Å². The molecular weight excluding hydrogens is 401 g/mol. The summed E-state index contributed by atoms with van der Waals surface area (Å²) in [6, 6.07) is 4.39. The summed E-state index contributed by atoms with van der Waals surface area (Å²) < 4.78 is 0.218. The van der Waals surface area contributed by atoms with Crippen molar-refractivity contribution in [2.75, 3.05) is 19.8 Å². The Morgan fingerprint density at radius 2 is 1.95 bits per heavy atom. The number of guanidine groups is 1. The van der Waals surface area contributed by atoms with Crippen LogP contribution in [0.1, 0.15) is 30.5 Å². The SMILES string of the molecule is CCc1ccc(CNC(=NC)NCC(C)(C)SC)s1.I. The predicted octanol–water partition coefficient (Wildman–Crippen LogP) is 3.74. The molecule has 1 aromatic rings. The summed E-state index contributed by atoms with van der Waals surface area (Å²) in [4.78, 5) is 7.04. The van der Waals surface area contributed by atoms with E-state index in [0.29, 0.717) is 0 Å². The van der Waals surface area contributed by atoms with Crippen LogP contribution in [0.25, 0.3) is 0 Å².